The van der Waals surface area contributed by atoms with Crippen molar-refractivity contribution in [2.75, 3.05) is 0 Å². The zero-order valence-corrected chi connectivity index (χ0v) is 11.9. The first-order valence-corrected chi connectivity index (χ1v) is 7.10. The van der Waals surface area contributed by atoms with Crippen LogP contribution in [0.3, 0.4) is 0 Å². The van der Waals surface area contributed by atoms with E-state index in [-0.39, 0.29) is 0 Å². The topological polar surface area (TPSA) is 0 Å². The molecule has 0 saturated heterocycles. The third-order valence-corrected chi connectivity index (χ3v) is 3.33. The van der Waals surface area contributed by atoms with Crippen molar-refractivity contribution in [1.29, 1.82) is 0 Å². The molecule has 0 heterocycles. The van der Waals surface area contributed by atoms with E-state index < -0.39 is 0 Å². The molecule has 2 rings (SSSR count). The number of benzene rings is 2. The summed E-state index contributed by atoms with van der Waals surface area (Å²) in [6.45, 7) is 0. The lowest BCUT2D eigenvalue weighted by Gasteiger charge is -1.98. The van der Waals surface area contributed by atoms with Gasteiger partial charge in [0, 0.05) is 4.47 Å². The lowest BCUT2D eigenvalue weighted by Crippen LogP contribution is -1.82. The van der Waals surface area contributed by atoms with E-state index in [4.69, 9.17) is 0 Å². The summed E-state index contributed by atoms with van der Waals surface area (Å²) in [5.41, 5.74) is 2.68. The van der Waals surface area contributed by atoms with Crippen molar-refractivity contribution in [3.05, 3.63) is 76.3 Å². The Morgan fingerprint density at radius 3 is 2.56 bits per heavy atom. The van der Waals surface area contributed by atoms with Gasteiger partial charge in [0.15, 0.2) is 0 Å². The van der Waals surface area contributed by atoms with E-state index in [2.05, 4.69) is 76.6 Å². The normalized spacial score (nSPS) is 10.9. The van der Waals surface area contributed by atoms with E-state index in [9.17, 15) is 0 Å². The molecule has 2 aromatic rings. The van der Waals surface area contributed by atoms with Gasteiger partial charge in [-0.25, -0.2) is 0 Å². The largest absolute Gasteiger partial charge is 0.0839 e. The fourth-order valence-electron chi connectivity index (χ4n) is 1.90. The van der Waals surface area contributed by atoms with Crippen LogP contribution in [0.1, 0.15) is 24.0 Å². The Balaban J connectivity index is 1.75. The van der Waals surface area contributed by atoms with Gasteiger partial charge in [0.2, 0.25) is 0 Å². The van der Waals surface area contributed by atoms with Gasteiger partial charge in [-0.3, -0.25) is 0 Å². The van der Waals surface area contributed by atoms with Gasteiger partial charge in [0.1, 0.15) is 0 Å². The van der Waals surface area contributed by atoms with Gasteiger partial charge in [-0.05, 0) is 42.5 Å². The third-order valence-electron chi connectivity index (χ3n) is 2.84. The molecule has 0 aliphatic heterocycles. The van der Waals surface area contributed by atoms with Crippen molar-refractivity contribution < 1.29 is 0 Å². The molecule has 2 aromatic carbocycles. The van der Waals surface area contributed by atoms with Crippen LogP contribution in [0.4, 0.5) is 0 Å². The van der Waals surface area contributed by atoms with Gasteiger partial charge in [-0.15, -0.1) is 0 Å². The predicted octanol–water partition coefficient (Wildman–Crippen LogP) is 5.49. The molecule has 0 aromatic heterocycles. The van der Waals surface area contributed by atoms with Crippen LogP contribution in [0.25, 0.3) is 6.08 Å². The van der Waals surface area contributed by atoms with Crippen LogP contribution in [0.2, 0.25) is 0 Å². The van der Waals surface area contributed by atoms with Crippen molar-refractivity contribution >= 4 is 22.0 Å². The zero-order chi connectivity index (χ0) is 12.6. The van der Waals surface area contributed by atoms with E-state index in [1.807, 2.05) is 6.07 Å². The molecule has 0 amide bonds. The number of aryl methyl sites for hydroxylation is 1. The Labute approximate surface area is 117 Å². The smallest absolute Gasteiger partial charge is 0.0181 e. The average molecular weight is 301 g/mol. The maximum absolute atomic E-state index is 3.48. The zero-order valence-electron chi connectivity index (χ0n) is 10.4. The Kier molecular flexibility index (Phi) is 5.22. The second-order valence-corrected chi connectivity index (χ2v) is 5.25. The molecule has 0 aliphatic carbocycles. The van der Waals surface area contributed by atoms with E-state index in [0.29, 0.717) is 0 Å². The predicted molar refractivity (Wildman–Crippen MR) is 82.6 cm³/mol. The monoisotopic (exact) mass is 300 g/mol. The van der Waals surface area contributed by atoms with Crippen LogP contribution in [0.15, 0.2) is 65.1 Å². The summed E-state index contributed by atoms with van der Waals surface area (Å²) >= 11 is 3.48. The van der Waals surface area contributed by atoms with Crippen molar-refractivity contribution in [3.63, 3.8) is 0 Å². The van der Waals surface area contributed by atoms with Crippen molar-refractivity contribution in [1.82, 2.24) is 0 Å². The molecule has 0 spiro atoms. The molecule has 0 unspecified atom stereocenters. The minimum atomic E-state index is 1.13. The van der Waals surface area contributed by atoms with Gasteiger partial charge in [0.05, 0.1) is 0 Å². The van der Waals surface area contributed by atoms with Crippen LogP contribution < -0.4 is 0 Å². The van der Waals surface area contributed by atoms with Crippen LogP contribution in [0, 0.1) is 0 Å². The van der Waals surface area contributed by atoms with Gasteiger partial charge < -0.3 is 0 Å². The first-order chi connectivity index (χ1) is 8.84. The highest BCUT2D eigenvalue weighted by molar-refractivity contribution is 9.10. The lowest BCUT2D eigenvalue weighted by molar-refractivity contribution is 0.845. The first-order valence-electron chi connectivity index (χ1n) is 6.30. The molecule has 0 radical (unpaired) electrons. The number of rotatable bonds is 5. The standard InChI is InChI=1S/C17H17Br/c18-17-13-7-12-16(14-17)11-6-2-5-10-15-8-3-1-4-9-15/h1,3-4,6-9,11-14H,2,5,10H2/b11-6+. The Bertz CT molecular complexity index is 500. The Hall–Kier alpha value is -1.34. The number of hydrogen-bond donors (Lipinski definition) is 0. The molecule has 0 atom stereocenters. The van der Waals surface area contributed by atoms with E-state index in [1.165, 1.54) is 17.5 Å². The van der Waals surface area contributed by atoms with Crippen LogP contribution in [0.5, 0.6) is 0 Å². The van der Waals surface area contributed by atoms with Gasteiger partial charge >= 0.3 is 0 Å². The van der Waals surface area contributed by atoms with E-state index >= 15 is 0 Å². The van der Waals surface area contributed by atoms with Gasteiger partial charge in [-0.2, -0.15) is 0 Å². The summed E-state index contributed by atoms with van der Waals surface area (Å²) in [5, 5.41) is 0. The summed E-state index contributed by atoms with van der Waals surface area (Å²) in [5.74, 6) is 0. The molecule has 0 nitrogen and oxygen atoms in total. The maximum Gasteiger partial charge on any atom is 0.0181 e. The minimum absolute atomic E-state index is 1.13. The highest BCUT2D eigenvalue weighted by Crippen LogP contribution is 2.13. The molecule has 18 heavy (non-hydrogen) atoms. The van der Waals surface area contributed by atoms with Crippen molar-refractivity contribution in [2.45, 2.75) is 19.3 Å². The van der Waals surface area contributed by atoms with Crippen molar-refractivity contribution in [2.24, 2.45) is 0 Å². The molecule has 0 bridgehead atoms. The first kappa shape index (κ1) is 13.1. The molecule has 0 fully saturated rings. The second-order valence-electron chi connectivity index (χ2n) is 4.34. The van der Waals surface area contributed by atoms with E-state index in [0.717, 1.165) is 17.3 Å². The van der Waals surface area contributed by atoms with Crippen LogP contribution in [-0.4, -0.2) is 0 Å². The average Bonchev–Trinajstić information content (AvgIpc) is 2.40. The highest BCUT2D eigenvalue weighted by atomic mass is 79.9. The van der Waals surface area contributed by atoms with E-state index in [1.54, 1.807) is 0 Å². The third kappa shape index (κ3) is 4.50. The number of hydrogen-bond acceptors (Lipinski definition) is 0. The molecular formula is C17H17Br. The van der Waals surface area contributed by atoms with Gasteiger partial charge in [-0.1, -0.05) is 70.5 Å². The van der Waals surface area contributed by atoms with Crippen molar-refractivity contribution in [3.8, 4) is 0 Å². The Morgan fingerprint density at radius 1 is 0.944 bits per heavy atom. The molecule has 0 N–H and O–H groups in total. The SMILES string of the molecule is Brc1cccc(/C=C/CCCc2ccccc2)c1. The molecule has 0 aliphatic rings. The number of allylic oxidation sites excluding steroid dienone is 1. The summed E-state index contributed by atoms with van der Waals surface area (Å²) in [6, 6.07) is 19.0. The molecule has 1 heteroatoms. The summed E-state index contributed by atoms with van der Waals surface area (Å²) in [4.78, 5) is 0. The molecule has 0 saturated carbocycles. The lowest BCUT2D eigenvalue weighted by atomic mass is 10.1. The Morgan fingerprint density at radius 2 is 1.78 bits per heavy atom. The fourth-order valence-corrected chi connectivity index (χ4v) is 2.32. The molecule has 92 valence electrons. The van der Waals surface area contributed by atoms with Gasteiger partial charge in [0.25, 0.3) is 0 Å². The molecular weight excluding hydrogens is 284 g/mol. The van der Waals surface area contributed by atoms with Crippen LogP contribution >= 0.6 is 15.9 Å². The minimum Gasteiger partial charge on any atom is -0.0839 e. The summed E-state index contributed by atoms with van der Waals surface area (Å²) < 4.78 is 1.13. The summed E-state index contributed by atoms with van der Waals surface area (Å²) in [6.07, 6.45) is 7.93. The van der Waals surface area contributed by atoms with Crippen LogP contribution in [-0.2, 0) is 6.42 Å². The fraction of sp³-hybridized carbons (Fsp3) is 0.176. The number of halogens is 1. The number of unbranched alkanes of at least 4 members (excludes halogenated alkanes) is 1. The second kappa shape index (κ2) is 7.17. The quantitative estimate of drug-likeness (QED) is 0.641. The highest BCUT2D eigenvalue weighted by Gasteiger charge is 1.91. The maximum atomic E-state index is 3.48. The summed E-state index contributed by atoms with van der Waals surface area (Å²) in [7, 11) is 0.